The number of rotatable bonds is 4. The van der Waals surface area contributed by atoms with Gasteiger partial charge in [0.1, 0.15) is 5.56 Å². The van der Waals surface area contributed by atoms with Crippen molar-refractivity contribution in [1.29, 1.82) is 0 Å². The predicted molar refractivity (Wildman–Crippen MR) is 71.6 cm³/mol. The number of nitrogens with one attached hydrogen (secondary N) is 2. The first kappa shape index (κ1) is 14.0. The number of carbonyl (C=O) groups is 1. The van der Waals surface area contributed by atoms with E-state index in [1.807, 2.05) is 0 Å². The fourth-order valence-electron chi connectivity index (χ4n) is 1.95. The maximum absolute atomic E-state index is 12.0. The van der Waals surface area contributed by atoms with Crippen molar-refractivity contribution in [3.8, 4) is 0 Å². The van der Waals surface area contributed by atoms with Gasteiger partial charge in [0.2, 0.25) is 5.89 Å². The van der Waals surface area contributed by atoms with Gasteiger partial charge in [-0.15, -0.1) is 0 Å². The minimum atomic E-state index is -0.403. The fourth-order valence-corrected chi connectivity index (χ4v) is 1.95. The third kappa shape index (κ3) is 3.11. The summed E-state index contributed by atoms with van der Waals surface area (Å²) < 4.78 is 4.93. The van der Waals surface area contributed by atoms with Crippen molar-refractivity contribution in [2.24, 2.45) is 0 Å². The van der Waals surface area contributed by atoms with E-state index in [1.165, 1.54) is 0 Å². The minimum Gasteiger partial charge on any atom is -0.351 e. The van der Waals surface area contributed by atoms with Crippen molar-refractivity contribution in [3.05, 3.63) is 45.0 Å². The lowest BCUT2D eigenvalue weighted by Gasteiger charge is -2.06. The molecule has 0 spiro atoms. The van der Waals surface area contributed by atoms with Crippen LogP contribution in [0.25, 0.3) is 0 Å². The lowest BCUT2D eigenvalue weighted by Crippen LogP contribution is -2.32. The first-order valence-electron chi connectivity index (χ1n) is 6.25. The zero-order valence-electron chi connectivity index (χ0n) is 11.6. The number of pyridine rings is 1. The number of carbonyl (C=O) groups excluding carboxylic acids is 1. The summed E-state index contributed by atoms with van der Waals surface area (Å²) in [5.41, 5.74) is 1.13. The van der Waals surface area contributed by atoms with Crippen LogP contribution in [0.2, 0.25) is 0 Å². The molecule has 0 bridgehead atoms. The van der Waals surface area contributed by atoms with Gasteiger partial charge in [-0.3, -0.25) is 9.59 Å². The Bertz CT molecular complexity index is 687. The molecule has 2 rings (SSSR count). The van der Waals surface area contributed by atoms with Gasteiger partial charge in [-0.1, -0.05) is 5.16 Å². The zero-order valence-corrected chi connectivity index (χ0v) is 11.6. The maximum Gasteiger partial charge on any atom is 0.261 e. The number of H-pyrrole nitrogens is 1. The summed E-state index contributed by atoms with van der Waals surface area (Å²) in [6.45, 7) is 5.56. The van der Waals surface area contributed by atoms with Crippen LogP contribution in [-0.2, 0) is 6.42 Å². The Hall–Kier alpha value is -2.44. The van der Waals surface area contributed by atoms with Crippen molar-refractivity contribution >= 4 is 5.91 Å². The van der Waals surface area contributed by atoms with Crippen molar-refractivity contribution < 1.29 is 9.32 Å². The second-order valence-corrected chi connectivity index (χ2v) is 4.58. The van der Waals surface area contributed by atoms with Gasteiger partial charge in [-0.25, -0.2) is 0 Å². The number of aromatic amines is 1. The summed E-state index contributed by atoms with van der Waals surface area (Å²) in [4.78, 5) is 30.4. The largest absolute Gasteiger partial charge is 0.351 e. The molecule has 2 aromatic heterocycles. The molecule has 1 amide bonds. The molecule has 106 valence electrons. The Kier molecular flexibility index (Phi) is 3.97. The molecule has 0 aliphatic heterocycles. The van der Waals surface area contributed by atoms with Gasteiger partial charge in [-0.05, 0) is 32.4 Å². The van der Waals surface area contributed by atoms with Crippen LogP contribution in [0.3, 0.4) is 0 Å². The Morgan fingerprint density at radius 2 is 2.15 bits per heavy atom. The van der Waals surface area contributed by atoms with Crippen LogP contribution in [0.1, 0.15) is 33.3 Å². The van der Waals surface area contributed by atoms with Crippen molar-refractivity contribution in [2.45, 2.75) is 27.2 Å². The number of hydrogen-bond acceptors (Lipinski definition) is 5. The average Bonchev–Trinajstić information content (AvgIpc) is 2.73. The molecule has 0 saturated heterocycles. The van der Waals surface area contributed by atoms with Gasteiger partial charge in [0, 0.05) is 18.7 Å². The highest BCUT2D eigenvalue weighted by atomic mass is 16.5. The van der Waals surface area contributed by atoms with Crippen molar-refractivity contribution in [2.75, 3.05) is 6.54 Å². The highest BCUT2D eigenvalue weighted by Gasteiger charge is 2.14. The Morgan fingerprint density at radius 3 is 2.75 bits per heavy atom. The summed E-state index contributed by atoms with van der Waals surface area (Å²) in [7, 11) is 0. The first-order valence-corrected chi connectivity index (χ1v) is 6.25. The molecule has 2 aromatic rings. The van der Waals surface area contributed by atoms with E-state index in [0.717, 1.165) is 5.69 Å². The van der Waals surface area contributed by atoms with E-state index in [2.05, 4.69) is 20.4 Å². The Labute approximate surface area is 115 Å². The second kappa shape index (κ2) is 5.68. The zero-order chi connectivity index (χ0) is 14.7. The number of aromatic nitrogens is 3. The molecule has 7 heteroatoms. The number of hydrogen-bond donors (Lipinski definition) is 2. The number of aryl methyl sites for hydroxylation is 3. The van der Waals surface area contributed by atoms with E-state index in [4.69, 9.17) is 4.52 Å². The van der Waals surface area contributed by atoms with Crippen LogP contribution in [0, 0.1) is 20.8 Å². The molecule has 7 nitrogen and oxygen atoms in total. The minimum absolute atomic E-state index is 0.136. The summed E-state index contributed by atoms with van der Waals surface area (Å²) >= 11 is 0. The molecule has 20 heavy (non-hydrogen) atoms. The molecule has 2 heterocycles. The summed E-state index contributed by atoms with van der Waals surface area (Å²) in [5, 5.41) is 6.33. The Morgan fingerprint density at radius 1 is 1.40 bits per heavy atom. The molecule has 0 fully saturated rings. The van der Waals surface area contributed by atoms with Crippen molar-refractivity contribution in [3.63, 3.8) is 0 Å². The third-order valence-electron chi connectivity index (χ3n) is 2.79. The number of amides is 1. The van der Waals surface area contributed by atoms with Crippen LogP contribution in [0.15, 0.2) is 15.4 Å². The summed E-state index contributed by atoms with van der Waals surface area (Å²) in [5.74, 6) is 0.606. The quantitative estimate of drug-likeness (QED) is 0.854. The van der Waals surface area contributed by atoms with Crippen LogP contribution < -0.4 is 10.9 Å². The van der Waals surface area contributed by atoms with Crippen molar-refractivity contribution in [1.82, 2.24) is 20.4 Å². The van der Waals surface area contributed by atoms with Crippen LogP contribution in [0.5, 0.6) is 0 Å². The van der Waals surface area contributed by atoms with Gasteiger partial charge < -0.3 is 14.8 Å². The van der Waals surface area contributed by atoms with Crippen LogP contribution >= 0.6 is 0 Å². The van der Waals surface area contributed by atoms with E-state index in [1.54, 1.807) is 26.8 Å². The first-order chi connectivity index (χ1) is 9.47. The Balaban J connectivity index is 2.00. The second-order valence-electron chi connectivity index (χ2n) is 4.58. The van der Waals surface area contributed by atoms with E-state index in [-0.39, 0.29) is 11.1 Å². The molecule has 0 saturated carbocycles. The highest BCUT2D eigenvalue weighted by molar-refractivity contribution is 5.95. The smallest absolute Gasteiger partial charge is 0.261 e. The van der Waals surface area contributed by atoms with Gasteiger partial charge in [0.05, 0.1) is 0 Å². The maximum atomic E-state index is 12.0. The summed E-state index contributed by atoms with van der Waals surface area (Å²) in [6, 6.07) is 1.76. The van der Waals surface area contributed by atoms with Crippen LogP contribution in [-0.4, -0.2) is 27.6 Å². The molecule has 2 N–H and O–H groups in total. The molecule has 0 aliphatic carbocycles. The molecular weight excluding hydrogens is 260 g/mol. The molecule has 0 atom stereocenters. The van der Waals surface area contributed by atoms with E-state index in [0.29, 0.717) is 30.2 Å². The SMILES string of the molecule is Cc1noc(CCNC(=O)c2c(C)cc(C)[nH]c2=O)n1. The third-order valence-corrected chi connectivity index (χ3v) is 2.79. The van der Waals surface area contributed by atoms with E-state index in [9.17, 15) is 9.59 Å². The molecule has 0 unspecified atom stereocenters. The van der Waals surface area contributed by atoms with Gasteiger partial charge in [-0.2, -0.15) is 4.98 Å². The fraction of sp³-hybridized carbons (Fsp3) is 0.385. The van der Waals surface area contributed by atoms with E-state index >= 15 is 0 Å². The highest BCUT2D eigenvalue weighted by Crippen LogP contribution is 2.03. The molecule has 0 aromatic carbocycles. The van der Waals surface area contributed by atoms with Gasteiger partial charge in [0.15, 0.2) is 5.82 Å². The van der Waals surface area contributed by atoms with Crippen LogP contribution in [0.4, 0.5) is 0 Å². The average molecular weight is 276 g/mol. The number of nitrogens with zero attached hydrogens (tertiary/aromatic N) is 2. The normalized spacial score (nSPS) is 10.6. The molecule has 0 aliphatic rings. The molecule has 0 radical (unpaired) electrons. The standard InChI is InChI=1S/C13H16N4O3/c1-7-6-8(2)15-13(19)11(7)12(18)14-5-4-10-16-9(3)17-20-10/h6H,4-5H2,1-3H3,(H,14,18)(H,15,19). The van der Waals surface area contributed by atoms with E-state index < -0.39 is 5.91 Å². The monoisotopic (exact) mass is 276 g/mol. The predicted octanol–water partition coefficient (Wildman–Crippen LogP) is 0.656. The van der Waals surface area contributed by atoms with Gasteiger partial charge in [0.25, 0.3) is 11.5 Å². The topological polar surface area (TPSA) is 101 Å². The lowest BCUT2D eigenvalue weighted by molar-refractivity contribution is 0.0951. The molecular formula is C13H16N4O3. The lowest BCUT2D eigenvalue weighted by atomic mass is 10.1. The summed E-state index contributed by atoms with van der Waals surface area (Å²) in [6.07, 6.45) is 0.426. The van der Waals surface area contributed by atoms with Gasteiger partial charge >= 0.3 is 0 Å².